The van der Waals surface area contributed by atoms with Crippen LogP contribution in [0.1, 0.15) is 12.8 Å². The highest BCUT2D eigenvalue weighted by Crippen LogP contribution is 2.52. The maximum atomic E-state index is 8.63. The van der Waals surface area contributed by atoms with Gasteiger partial charge in [-0.2, -0.15) is 0 Å². The van der Waals surface area contributed by atoms with Crippen LogP contribution in [-0.4, -0.2) is 5.11 Å². The van der Waals surface area contributed by atoms with Crippen molar-refractivity contribution in [3.05, 3.63) is 54.6 Å². The Hall–Kier alpha value is -1.50. The Morgan fingerprint density at radius 1 is 0.941 bits per heavy atom. The summed E-state index contributed by atoms with van der Waals surface area (Å²) in [6.07, 6.45) is 12.5. The highest BCUT2D eigenvalue weighted by Gasteiger charge is 2.44. The quantitative estimate of drug-likeness (QED) is 0.667. The summed E-state index contributed by atoms with van der Waals surface area (Å²) in [5.74, 6) is 4.14. The van der Waals surface area contributed by atoms with Crippen LogP contribution in [0.25, 0.3) is 0 Å². The highest BCUT2D eigenvalue weighted by molar-refractivity contribution is 5.21. The van der Waals surface area contributed by atoms with E-state index in [4.69, 9.17) is 5.11 Å². The van der Waals surface area contributed by atoms with E-state index in [9.17, 15) is 0 Å². The molecule has 1 nitrogen and oxygen atoms in total. The lowest BCUT2D eigenvalue weighted by atomic mass is 9.86. The standard InChI is InChI=1S/C10H12.C6H6O/c1-2-9-7-4-5-8(6-7)10(9)3-1;7-6-4-2-1-3-5-6/h1-2,4-5,7-10H,3,6H2;1-5,7H/t7-,8+,9?,10?;/m0./s1. The number of para-hydroxylation sites is 1. The third kappa shape index (κ3) is 2.02. The smallest absolute Gasteiger partial charge is 0.115 e. The molecule has 1 heteroatoms. The Balaban J connectivity index is 0.000000115. The molecule has 3 aliphatic rings. The third-order valence-corrected chi connectivity index (χ3v) is 4.21. The van der Waals surface area contributed by atoms with Crippen LogP contribution in [-0.2, 0) is 0 Å². The lowest BCUT2D eigenvalue weighted by Crippen LogP contribution is -2.12. The van der Waals surface area contributed by atoms with E-state index in [2.05, 4.69) is 24.3 Å². The fourth-order valence-electron chi connectivity index (χ4n) is 3.40. The van der Waals surface area contributed by atoms with Gasteiger partial charge in [0.2, 0.25) is 0 Å². The number of phenols is 1. The summed E-state index contributed by atoms with van der Waals surface area (Å²) in [6.45, 7) is 0. The van der Waals surface area contributed by atoms with Gasteiger partial charge in [0, 0.05) is 0 Å². The van der Waals surface area contributed by atoms with Crippen LogP contribution in [0.15, 0.2) is 54.6 Å². The molecule has 1 aromatic rings. The Labute approximate surface area is 102 Å². The average molecular weight is 226 g/mol. The Morgan fingerprint density at radius 3 is 2.35 bits per heavy atom. The molecule has 17 heavy (non-hydrogen) atoms. The number of rotatable bonds is 0. The minimum atomic E-state index is 0.322. The predicted octanol–water partition coefficient (Wildman–Crippen LogP) is 3.78. The molecule has 1 N–H and O–H groups in total. The highest BCUT2D eigenvalue weighted by atomic mass is 16.3. The lowest BCUT2D eigenvalue weighted by Gasteiger charge is -2.18. The van der Waals surface area contributed by atoms with Crippen LogP contribution >= 0.6 is 0 Å². The third-order valence-electron chi connectivity index (χ3n) is 4.21. The summed E-state index contributed by atoms with van der Waals surface area (Å²) < 4.78 is 0. The molecule has 2 bridgehead atoms. The van der Waals surface area contributed by atoms with Crippen molar-refractivity contribution in [1.29, 1.82) is 0 Å². The molecule has 0 aromatic heterocycles. The average Bonchev–Trinajstić information content (AvgIpc) is 3.05. The maximum absolute atomic E-state index is 8.63. The summed E-state index contributed by atoms with van der Waals surface area (Å²) in [7, 11) is 0. The van der Waals surface area contributed by atoms with E-state index in [0.29, 0.717) is 5.75 Å². The van der Waals surface area contributed by atoms with Crippen LogP contribution in [0.5, 0.6) is 5.75 Å². The topological polar surface area (TPSA) is 20.2 Å². The van der Waals surface area contributed by atoms with E-state index in [-0.39, 0.29) is 0 Å². The summed E-state index contributed by atoms with van der Waals surface area (Å²) >= 11 is 0. The summed E-state index contributed by atoms with van der Waals surface area (Å²) in [5.41, 5.74) is 0. The van der Waals surface area contributed by atoms with E-state index in [0.717, 1.165) is 23.7 Å². The van der Waals surface area contributed by atoms with Crippen LogP contribution in [0.3, 0.4) is 0 Å². The van der Waals surface area contributed by atoms with Crippen molar-refractivity contribution in [3.63, 3.8) is 0 Å². The zero-order chi connectivity index (χ0) is 11.7. The van der Waals surface area contributed by atoms with Crippen molar-refractivity contribution in [1.82, 2.24) is 0 Å². The molecule has 1 aromatic carbocycles. The van der Waals surface area contributed by atoms with Gasteiger partial charge in [-0.15, -0.1) is 0 Å². The molecule has 2 unspecified atom stereocenters. The first-order valence-electron chi connectivity index (χ1n) is 6.43. The van der Waals surface area contributed by atoms with Crippen molar-refractivity contribution in [3.8, 4) is 5.75 Å². The van der Waals surface area contributed by atoms with Gasteiger partial charge in [-0.05, 0) is 48.6 Å². The number of hydrogen-bond acceptors (Lipinski definition) is 1. The number of phenolic OH excluding ortho intramolecular Hbond substituents is 1. The monoisotopic (exact) mass is 226 g/mol. The van der Waals surface area contributed by atoms with Gasteiger partial charge in [-0.3, -0.25) is 0 Å². The van der Waals surface area contributed by atoms with E-state index in [1.165, 1.54) is 12.8 Å². The number of aromatic hydroxyl groups is 1. The molecule has 0 saturated heterocycles. The zero-order valence-electron chi connectivity index (χ0n) is 9.87. The van der Waals surface area contributed by atoms with Gasteiger partial charge >= 0.3 is 0 Å². The molecule has 0 heterocycles. The SMILES string of the molecule is C1=CC2C(C1)[C@@H]1C=C[C@H]2C1.Oc1ccccc1. The predicted molar refractivity (Wildman–Crippen MR) is 69.6 cm³/mol. The number of allylic oxidation sites excluding steroid dienone is 4. The second kappa shape index (κ2) is 4.40. The summed E-state index contributed by atoms with van der Waals surface area (Å²) in [6, 6.07) is 8.71. The Bertz CT molecular complexity index is 432. The largest absolute Gasteiger partial charge is 0.508 e. The number of fused-ring (bicyclic) bond motifs is 5. The molecule has 88 valence electrons. The van der Waals surface area contributed by atoms with Crippen LogP contribution in [0.2, 0.25) is 0 Å². The molecule has 0 radical (unpaired) electrons. The first kappa shape index (κ1) is 10.6. The number of hydrogen-bond donors (Lipinski definition) is 1. The maximum Gasteiger partial charge on any atom is 0.115 e. The van der Waals surface area contributed by atoms with Gasteiger partial charge < -0.3 is 5.11 Å². The normalized spacial score (nSPS) is 35.5. The van der Waals surface area contributed by atoms with Gasteiger partial charge in [0.15, 0.2) is 0 Å². The molecule has 0 aliphatic heterocycles. The molecule has 0 amide bonds. The van der Waals surface area contributed by atoms with E-state index >= 15 is 0 Å². The van der Waals surface area contributed by atoms with Crippen LogP contribution in [0.4, 0.5) is 0 Å². The molecular formula is C16H18O. The minimum absolute atomic E-state index is 0.322. The first-order valence-corrected chi connectivity index (χ1v) is 6.43. The second-order valence-corrected chi connectivity index (χ2v) is 5.19. The number of benzene rings is 1. The second-order valence-electron chi connectivity index (χ2n) is 5.19. The minimum Gasteiger partial charge on any atom is -0.508 e. The van der Waals surface area contributed by atoms with E-state index in [1.54, 1.807) is 24.3 Å². The van der Waals surface area contributed by atoms with Gasteiger partial charge in [-0.1, -0.05) is 42.5 Å². The van der Waals surface area contributed by atoms with E-state index < -0.39 is 0 Å². The van der Waals surface area contributed by atoms with Crippen molar-refractivity contribution in [2.45, 2.75) is 12.8 Å². The lowest BCUT2D eigenvalue weighted by molar-refractivity contribution is 0.398. The molecule has 0 spiro atoms. The van der Waals surface area contributed by atoms with Gasteiger partial charge in [0.25, 0.3) is 0 Å². The van der Waals surface area contributed by atoms with E-state index in [1.807, 2.05) is 6.07 Å². The van der Waals surface area contributed by atoms with Crippen molar-refractivity contribution >= 4 is 0 Å². The molecular weight excluding hydrogens is 208 g/mol. The Morgan fingerprint density at radius 2 is 1.71 bits per heavy atom. The molecule has 1 fully saturated rings. The van der Waals surface area contributed by atoms with Gasteiger partial charge in [-0.25, -0.2) is 0 Å². The van der Waals surface area contributed by atoms with Crippen molar-refractivity contribution < 1.29 is 5.11 Å². The van der Waals surface area contributed by atoms with Crippen molar-refractivity contribution in [2.24, 2.45) is 23.7 Å². The van der Waals surface area contributed by atoms with Crippen molar-refractivity contribution in [2.75, 3.05) is 0 Å². The summed E-state index contributed by atoms with van der Waals surface area (Å²) in [5, 5.41) is 8.63. The Kier molecular flexibility index (Phi) is 2.76. The van der Waals surface area contributed by atoms with Gasteiger partial charge in [0.1, 0.15) is 5.75 Å². The zero-order valence-corrected chi connectivity index (χ0v) is 9.87. The molecule has 1 saturated carbocycles. The van der Waals surface area contributed by atoms with Crippen LogP contribution < -0.4 is 0 Å². The fourth-order valence-corrected chi connectivity index (χ4v) is 3.40. The molecule has 4 atom stereocenters. The molecule has 3 aliphatic carbocycles. The van der Waals surface area contributed by atoms with Gasteiger partial charge in [0.05, 0.1) is 0 Å². The first-order chi connectivity index (χ1) is 8.34. The van der Waals surface area contributed by atoms with Crippen LogP contribution in [0, 0.1) is 23.7 Å². The summed E-state index contributed by atoms with van der Waals surface area (Å²) in [4.78, 5) is 0. The molecule has 4 rings (SSSR count). The fraction of sp³-hybridized carbons (Fsp3) is 0.375.